The summed E-state index contributed by atoms with van der Waals surface area (Å²) >= 11 is 0. The molecule has 2 aliphatic heterocycles. The van der Waals surface area contributed by atoms with E-state index < -0.39 is 11.6 Å². The van der Waals surface area contributed by atoms with Crippen LogP contribution in [-0.2, 0) is 13.5 Å². The third-order valence-corrected chi connectivity index (χ3v) is 6.98. The first-order chi connectivity index (χ1) is 16.4. The van der Waals surface area contributed by atoms with E-state index in [4.69, 9.17) is 5.10 Å². The minimum absolute atomic E-state index is 0.0300. The summed E-state index contributed by atoms with van der Waals surface area (Å²) in [6.45, 7) is 0. The van der Waals surface area contributed by atoms with E-state index >= 15 is 0 Å². The minimum Gasteiger partial charge on any atom is -0.506 e. The predicted molar refractivity (Wildman–Crippen MR) is 122 cm³/mol. The van der Waals surface area contributed by atoms with Crippen LogP contribution in [0.15, 0.2) is 48.7 Å². The van der Waals surface area contributed by atoms with Gasteiger partial charge in [0.1, 0.15) is 22.9 Å². The molecule has 2 bridgehead atoms. The van der Waals surface area contributed by atoms with Gasteiger partial charge in [-0.15, -0.1) is 0 Å². The maximum absolute atomic E-state index is 14.0. The van der Waals surface area contributed by atoms with E-state index in [1.165, 1.54) is 18.2 Å². The fourth-order valence-electron chi connectivity index (χ4n) is 5.65. The number of benzene rings is 2. The average Bonchev–Trinajstić information content (AvgIpc) is 3.13. The maximum Gasteiger partial charge on any atom is 0.254 e. The number of carbonyl (C=O) groups excluding carboxylic acids is 1. The molecular formula is C26H22F2N4O2. The summed E-state index contributed by atoms with van der Waals surface area (Å²) in [5.41, 5.74) is 3.71. The zero-order valence-corrected chi connectivity index (χ0v) is 18.5. The summed E-state index contributed by atoms with van der Waals surface area (Å²) in [6, 6.07) is 10.0. The van der Waals surface area contributed by atoms with Crippen LogP contribution >= 0.6 is 0 Å². The quantitative estimate of drug-likeness (QED) is 0.461. The van der Waals surface area contributed by atoms with E-state index in [0.717, 1.165) is 36.6 Å². The number of phenols is 1. The van der Waals surface area contributed by atoms with E-state index in [2.05, 4.69) is 4.98 Å². The van der Waals surface area contributed by atoms with E-state index in [1.807, 2.05) is 11.0 Å². The molecule has 2 atom stereocenters. The van der Waals surface area contributed by atoms with Gasteiger partial charge in [-0.25, -0.2) is 8.78 Å². The summed E-state index contributed by atoms with van der Waals surface area (Å²) < 4.78 is 29.6. The average molecular weight is 460 g/mol. The van der Waals surface area contributed by atoms with Crippen LogP contribution in [0.25, 0.3) is 22.2 Å². The van der Waals surface area contributed by atoms with Crippen LogP contribution < -0.4 is 0 Å². The highest BCUT2D eigenvalue weighted by atomic mass is 19.1. The number of aromatic nitrogens is 3. The molecule has 8 heteroatoms. The van der Waals surface area contributed by atoms with Crippen molar-refractivity contribution in [1.82, 2.24) is 19.7 Å². The van der Waals surface area contributed by atoms with Crippen molar-refractivity contribution in [3.63, 3.8) is 0 Å². The van der Waals surface area contributed by atoms with Crippen molar-refractivity contribution in [3.05, 3.63) is 77.1 Å². The number of phenolic OH excluding ortho intramolecular Hbond substituents is 1. The van der Waals surface area contributed by atoms with Gasteiger partial charge in [0, 0.05) is 47.4 Å². The summed E-state index contributed by atoms with van der Waals surface area (Å²) in [5.74, 6) is -1.46. The molecule has 6 rings (SSSR count). The second kappa shape index (κ2) is 7.62. The smallest absolute Gasteiger partial charge is 0.254 e. The number of carbonyl (C=O) groups is 1. The summed E-state index contributed by atoms with van der Waals surface area (Å²) in [7, 11) is 1.76. The molecule has 4 aromatic rings. The lowest BCUT2D eigenvalue weighted by atomic mass is 9.81. The van der Waals surface area contributed by atoms with E-state index in [0.29, 0.717) is 34.1 Å². The second-order valence-corrected chi connectivity index (χ2v) is 9.08. The van der Waals surface area contributed by atoms with Crippen molar-refractivity contribution in [1.29, 1.82) is 0 Å². The second-order valence-electron chi connectivity index (χ2n) is 9.08. The fourth-order valence-corrected chi connectivity index (χ4v) is 5.65. The molecule has 34 heavy (non-hydrogen) atoms. The van der Waals surface area contributed by atoms with Crippen molar-refractivity contribution in [2.75, 3.05) is 0 Å². The Balaban J connectivity index is 1.44. The lowest BCUT2D eigenvalue weighted by Crippen LogP contribution is -2.49. The Morgan fingerprint density at radius 2 is 1.91 bits per heavy atom. The SMILES string of the molecule is Cn1nc2c(c1-c1cc(F)cc(F)c1)C[C@H]1CCC[C@@H]2N1C(=O)c1cc(O)c2ncccc2c1. The molecule has 0 saturated carbocycles. The molecule has 0 aliphatic carbocycles. The largest absolute Gasteiger partial charge is 0.506 e. The zero-order valence-electron chi connectivity index (χ0n) is 18.5. The Morgan fingerprint density at radius 1 is 1.12 bits per heavy atom. The number of fused-ring (bicyclic) bond motifs is 5. The van der Waals surface area contributed by atoms with Crippen molar-refractivity contribution < 1.29 is 18.7 Å². The number of hydrogen-bond acceptors (Lipinski definition) is 4. The molecule has 172 valence electrons. The number of halogens is 2. The summed E-state index contributed by atoms with van der Waals surface area (Å²) in [4.78, 5) is 19.8. The highest BCUT2D eigenvalue weighted by Crippen LogP contribution is 2.45. The molecule has 1 N–H and O–H groups in total. The number of hydrogen-bond donors (Lipinski definition) is 1. The van der Waals surface area contributed by atoms with Gasteiger partial charge in [-0.1, -0.05) is 6.07 Å². The van der Waals surface area contributed by atoms with Gasteiger partial charge < -0.3 is 10.0 Å². The number of piperidine rings is 1. The van der Waals surface area contributed by atoms with Crippen molar-refractivity contribution >= 4 is 16.8 Å². The normalized spacial score (nSPS) is 19.3. The molecular weight excluding hydrogens is 438 g/mol. The van der Waals surface area contributed by atoms with Gasteiger partial charge in [0.25, 0.3) is 5.91 Å². The van der Waals surface area contributed by atoms with Gasteiger partial charge in [-0.3, -0.25) is 14.5 Å². The Kier molecular flexibility index (Phi) is 4.65. The molecule has 2 aliphatic rings. The van der Waals surface area contributed by atoms with Gasteiger partial charge in [0.05, 0.1) is 17.4 Å². The number of aryl methyl sites for hydroxylation is 1. The van der Waals surface area contributed by atoms with Gasteiger partial charge in [0.15, 0.2) is 0 Å². The van der Waals surface area contributed by atoms with E-state index in [-0.39, 0.29) is 23.7 Å². The van der Waals surface area contributed by atoms with Crippen LogP contribution in [0.5, 0.6) is 5.75 Å². The Morgan fingerprint density at radius 3 is 2.71 bits per heavy atom. The third-order valence-electron chi connectivity index (χ3n) is 6.98. The van der Waals surface area contributed by atoms with Crippen LogP contribution in [0.4, 0.5) is 8.78 Å². The Hall–Kier alpha value is -3.81. The molecule has 1 saturated heterocycles. The molecule has 1 amide bonds. The monoisotopic (exact) mass is 460 g/mol. The van der Waals surface area contributed by atoms with Gasteiger partial charge in [0.2, 0.25) is 0 Å². The van der Waals surface area contributed by atoms with Crippen molar-refractivity contribution in [2.24, 2.45) is 7.05 Å². The van der Waals surface area contributed by atoms with Crippen LogP contribution in [-0.4, -0.2) is 36.7 Å². The van der Waals surface area contributed by atoms with E-state index in [1.54, 1.807) is 30.1 Å². The first kappa shape index (κ1) is 20.8. The highest BCUT2D eigenvalue weighted by molar-refractivity contribution is 6.00. The maximum atomic E-state index is 14.0. The number of nitrogens with zero attached hydrogens (tertiary/aromatic N) is 4. The predicted octanol–water partition coefficient (Wildman–Crippen LogP) is 4.91. The van der Waals surface area contributed by atoms with E-state index in [9.17, 15) is 18.7 Å². The standard InChI is InChI=1S/C26H22F2N4O2/c1-31-25(15-9-17(27)12-18(28)10-15)20-13-19-5-2-6-21(24(20)30-31)32(19)26(34)16-8-14-4-3-7-29-23(14)22(33)11-16/h3-4,7-12,19,21,33H,2,5-6,13H2,1H3/t19-,21+/m1/s1. The molecule has 0 radical (unpaired) electrons. The Labute approximate surface area is 194 Å². The highest BCUT2D eigenvalue weighted by Gasteiger charge is 2.43. The molecule has 2 aromatic heterocycles. The number of pyridine rings is 1. The first-order valence-corrected chi connectivity index (χ1v) is 11.3. The van der Waals surface area contributed by atoms with Crippen LogP contribution in [0.2, 0.25) is 0 Å². The molecule has 2 aromatic carbocycles. The number of rotatable bonds is 2. The fraction of sp³-hybridized carbons (Fsp3) is 0.269. The minimum atomic E-state index is -0.636. The molecule has 0 unspecified atom stereocenters. The molecule has 4 heterocycles. The molecule has 6 nitrogen and oxygen atoms in total. The first-order valence-electron chi connectivity index (χ1n) is 11.3. The summed E-state index contributed by atoms with van der Waals surface area (Å²) in [6.07, 6.45) is 4.70. The lowest BCUT2D eigenvalue weighted by Gasteiger charge is -2.45. The number of aromatic hydroxyl groups is 1. The molecule has 1 fully saturated rings. The van der Waals surface area contributed by atoms with Gasteiger partial charge in [-0.05, 0) is 56.0 Å². The zero-order chi connectivity index (χ0) is 23.6. The Bertz CT molecular complexity index is 1440. The van der Waals surface area contributed by atoms with Gasteiger partial charge >= 0.3 is 0 Å². The third kappa shape index (κ3) is 3.16. The van der Waals surface area contributed by atoms with Gasteiger partial charge in [-0.2, -0.15) is 5.10 Å². The van der Waals surface area contributed by atoms with Crippen LogP contribution in [0, 0.1) is 11.6 Å². The van der Waals surface area contributed by atoms with Crippen LogP contribution in [0.1, 0.15) is 46.9 Å². The summed E-state index contributed by atoms with van der Waals surface area (Å²) in [5, 5.41) is 15.9. The van der Waals surface area contributed by atoms with Crippen molar-refractivity contribution in [3.8, 4) is 17.0 Å². The van der Waals surface area contributed by atoms with Crippen LogP contribution in [0.3, 0.4) is 0 Å². The molecule has 0 spiro atoms. The van der Waals surface area contributed by atoms with Crippen molar-refractivity contribution in [2.45, 2.75) is 37.8 Å². The number of amides is 1. The topological polar surface area (TPSA) is 71.2 Å². The lowest BCUT2D eigenvalue weighted by molar-refractivity contribution is 0.0391.